The normalized spacial score (nSPS) is 26.7. The van der Waals surface area contributed by atoms with Crippen LogP contribution in [-0.4, -0.2) is 157 Å². The van der Waals surface area contributed by atoms with Crippen LogP contribution in [0.2, 0.25) is 0 Å². The van der Waals surface area contributed by atoms with Crippen molar-refractivity contribution in [1.82, 2.24) is 0 Å². The molecule has 19 nitrogen and oxygen atoms in total. The molecule has 98 heavy (non-hydrogen) atoms. The first-order valence-corrected chi connectivity index (χ1v) is 36.9. The number of benzene rings is 4. The van der Waals surface area contributed by atoms with Crippen molar-refractivity contribution in [3.05, 3.63) is 144 Å². The highest BCUT2D eigenvalue weighted by molar-refractivity contribution is 5.91. The van der Waals surface area contributed by atoms with E-state index in [2.05, 4.69) is 13.8 Å². The zero-order valence-electron chi connectivity index (χ0n) is 58.7. The van der Waals surface area contributed by atoms with Gasteiger partial charge in [0.1, 0.15) is 68.1 Å². The summed E-state index contributed by atoms with van der Waals surface area (Å²) in [5.41, 5.74) is 0.821. The Bertz CT molecular complexity index is 2860. The molecule has 0 radical (unpaired) electrons. The third kappa shape index (κ3) is 24.6. The van der Waals surface area contributed by atoms with Crippen LogP contribution in [-0.2, 0) is 56.8 Å². The Kier molecular flexibility index (Phi) is 33.4. The maximum atomic E-state index is 14.8. The van der Waals surface area contributed by atoms with Gasteiger partial charge in [-0.1, -0.05) is 241 Å². The molecule has 0 aromatic heterocycles. The molecule has 4 aliphatic rings. The topological polar surface area (TPSA) is 240 Å². The quantitative estimate of drug-likeness (QED) is 0.0212. The lowest BCUT2D eigenvalue weighted by molar-refractivity contribution is -0.382. The molecule has 8 rings (SSSR count). The maximum absolute atomic E-state index is 14.8. The van der Waals surface area contributed by atoms with Gasteiger partial charge in [0.25, 0.3) is 0 Å². The van der Waals surface area contributed by atoms with Crippen molar-refractivity contribution in [2.45, 2.75) is 299 Å². The molecule has 3 N–H and O–H groups in total. The molecule has 15 atom stereocenters. The van der Waals surface area contributed by atoms with Gasteiger partial charge in [-0.2, -0.15) is 0 Å². The van der Waals surface area contributed by atoms with E-state index in [0.717, 1.165) is 51.4 Å². The molecule has 0 spiro atoms. The molecule has 0 saturated carbocycles. The lowest BCUT2D eigenvalue weighted by Crippen LogP contribution is -2.67. The second-order valence-corrected chi connectivity index (χ2v) is 27.5. The van der Waals surface area contributed by atoms with Crippen molar-refractivity contribution in [3.8, 4) is 0 Å². The van der Waals surface area contributed by atoms with E-state index >= 15 is 0 Å². The molecule has 0 amide bonds. The summed E-state index contributed by atoms with van der Waals surface area (Å²) in [4.78, 5) is 57.1. The van der Waals surface area contributed by atoms with Crippen molar-refractivity contribution in [1.29, 1.82) is 0 Å². The summed E-state index contributed by atoms with van der Waals surface area (Å²) in [7, 11) is 0. The van der Waals surface area contributed by atoms with Crippen LogP contribution in [0.15, 0.2) is 121 Å². The van der Waals surface area contributed by atoms with E-state index in [4.69, 9.17) is 56.8 Å². The SMILES string of the molecule is CCCCCCCCCCCCCCC(CCCCCCCCCCCCCC)CO[C@@H]1O[C@H](COC(=O)c2ccccc2)[C@@H](O[C@@H]2O[C@H](COC(=O)c3ccccc3)[C@@H]3OC(C)(C)O[C@@H]3[C@H]2OC(=O)c2ccccc2)[C@H](O[C@@H]2O[C@@H](C)[C@@H](O)[C@@H](O)[C@@H]2O)[C@H]1OC(=O)c1ccccc1. The Morgan fingerprint density at radius 1 is 0.408 bits per heavy atom. The monoisotopic (exact) mass is 1360 g/mol. The molecule has 0 unspecified atom stereocenters. The zero-order valence-corrected chi connectivity index (χ0v) is 58.7. The van der Waals surface area contributed by atoms with Crippen LogP contribution < -0.4 is 0 Å². The Hall–Kier alpha value is -5.68. The highest BCUT2D eigenvalue weighted by Crippen LogP contribution is 2.42. The van der Waals surface area contributed by atoms with Gasteiger partial charge in [0.2, 0.25) is 0 Å². The molecule has 4 heterocycles. The summed E-state index contributed by atoms with van der Waals surface area (Å²) in [6.07, 6.45) is 8.19. The van der Waals surface area contributed by atoms with Gasteiger partial charge < -0.3 is 72.2 Å². The molecule has 542 valence electrons. The number of aliphatic hydroxyl groups is 3. The maximum Gasteiger partial charge on any atom is 0.338 e. The van der Waals surface area contributed by atoms with E-state index in [1.165, 1.54) is 122 Å². The van der Waals surface area contributed by atoms with Crippen molar-refractivity contribution in [2.24, 2.45) is 5.92 Å². The number of ether oxygens (including phenoxy) is 12. The predicted octanol–water partition coefficient (Wildman–Crippen LogP) is 14.5. The van der Waals surface area contributed by atoms with E-state index in [1.54, 1.807) is 135 Å². The fourth-order valence-corrected chi connectivity index (χ4v) is 13.5. The number of esters is 4. The van der Waals surface area contributed by atoms with Crippen LogP contribution in [0.5, 0.6) is 0 Å². The van der Waals surface area contributed by atoms with E-state index in [-0.39, 0.29) is 34.8 Å². The number of hydrogen-bond donors (Lipinski definition) is 3. The lowest BCUT2D eigenvalue weighted by atomic mass is 9.94. The summed E-state index contributed by atoms with van der Waals surface area (Å²) >= 11 is 0. The molecular formula is C79H112O19. The Balaban J connectivity index is 1.14. The van der Waals surface area contributed by atoms with E-state index in [1.807, 2.05) is 0 Å². The molecule has 4 saturated heterocycles. The fourth-order valence-electron chi connectivity index (χ4n) is 13.5. The Labute approximate surface area is 581 Å². The summed E-state index contributed by atoms with van der Waals surface area (Å²) < 4.78 is 79.5. The summed E-state index contributed by atoms with van der Waals surface area (Å²) in [6, 6.07) is 33.3. The van der Waals surface area contributed by atoms with Gasteiger partial charge in [-0.15, -0.1) is 0 Å². The van der Waals surface area contributed by atoms with Crippen LogP contribution in [0.3, 0.4) is 0 Å². The number of carbonyl (C=O) groups excluding carboxylic acids is 4. The smallest absolute Gasteiger partial charge is 0.338 e. The number of hydrogen-bond acceptors (Lipinski definition) is 19. The zero-order chi connectivity index (χ0) is 69.5. The minimum atomic E-state index is -1.90. The van der Waals surface area contributed by atoms with E-state index < -0.39 is 135 Å². The van der Waals surface area contributed by atoms with Gasteiger partial charge in [0.15, 0.2) is 36.9 Å². The Morgan fingerprint density at radius 3 is 1.23 bits per heavy atom. The largest absolute Gasteiger partial charge is 0.459 e. The first-order chi connectivity index (χ1) is 47.6. The summed E-state index contributed by atoms with van der Waals surface area (Å²) in [5, 5.41) is 34.3. The number of fused-ring (bicyclic) bond motifs is 1. The number of rotatable bonds is 43. The molecule has 4 aromatic rings. The minimum absolute atomic E-state index is 0.0356. The molecule has 4 fully saturated rings. The second-order valence-electron chi connectivity index (χ2n) is 27.5. The van der Waals surface area contributed by atoms with Gasteiger partial charge in [-0.05, 0) is 88.1 Å². The number of aliphatic hydroxyl groups excluding tert-OH is 3. The third-order valence-electron chi connectivity index (χ3n) is 19.1. The van der Waals surface area contributed by atoms with Crippen LogP contribution in [0, 0.1) is 5.92 Å². The number of unbranched alkanes of at least 4 members (excludes halogenated alkanes) is 22. The summed E-state index contributed by atoms with van der Waals surface area (Å²) in [5.74, 6) is -4.30. The van der Waals surface area contributed by atoms with Crippen LogP contribution in [0.25, 0.3) is 0 Å². The second kappa shape index (κ2) is 41.9. The molecule has 4 aromatic carbocycles. The van der Waals surface area contributed by atoms with Gasteiger partial charge in [0, 0.05) is 0 Å². The average molecular weight is 1370 g/mol. The lowest BCUT2D eigenvalue weighted by Gasteiger charge is -2.50. The molecule has 19 heteroatoms. The van der Waals surface area contributed by atoms with Gasteiger partial charge in [-0.25, -0.2) is 19.2 Å². The van der Waals surface area contributed by atoms with Crippen molar-refractivity contribution >= 4 is 23.9 Å². The highest BCUT2D eigenvalue weighted by Gasteiger charge is 2.61. The van der Waals surface area contributed by atoms with E-state index in [0.29, 0.717) is 0 Å². The highest BCUT2D eigenvalue weighted by atomic mass is 16.8. The third-order valence-corrected chi connectivity index (χ3v) is 19.1. The molecular weight excluding hydrogens is 1250 g/mol. The first-order valence-electron chi connectivity index (χ1n) is 36.9. The molecule has 0 aliphatic carbocycles. The summed E-state index contributed by atoms with van der Waals surface area (Å²) in [6.45, 7) is 8.52. The number of carbonyl (C=O) groups is 4. The van der Waals surface area contributed by atoms with Crippen LogP contribution in [0.4, 0.5) is 0 Å². The van der Waals surface area contributed by atoms with Gasteiger partial charge in [0.05, 0.1) is 35.0 Å². The molecule has 4 aliphatic heterocycles. The van der Waals surface area contributed by atoms with Crippen LogP contribution in [0.1, 0.15) is 243 Å². The fraction of sp³-hybridized carbons (Fsp3) is 0.646. The van der Waals surface area contributed by atoms with Crippen molar-refractivity contribution in [3.63, 3.8) is 0 Å². The minimum Gasteiger partial charge on any atom is -0.459 e. The van der Waals surface area contributed by atoms with Gasteiger partial charge in [-0.3, -0.25) is 0 Å². The van der Waals surface area contributed by atoms with Crippen molar-refractivity contribution in [2.75, 3.05) is 19.8 Å². The standard InChI is InChI=1S/C79H112O19/c1-6-8-10-12-14-16-18-20-22-24-26-32-42-56(43-33-27-25-23-21-19-17-15-13-11-9-7-2)52-89-77-70(93-74(85)59-48-38-30-39-49-59)68(96-76-65(82)64(81)63(80)55(3)90-76)66(61(91-77)53-87-72(83)57-44-34-28-35-45-57)95-78-71(94-75(86)60-50-40-31-41-51-60)69-67(97-79(4,5)98-69)62(92-78)54-88-73(84)58-46-36-29-37-47-58/h28-31,34-41,44-51,55-56,61-71,76-78,80-82H,6-27,32-33,42-43,52-54H2,1-5H3/t55-,61+,62+,63+,64+,65-,66+,67-,68-,69-,70+,71+,76-,77+,78-/m0/s1. The van der Waals surface area contributed by atoms with Crippen molar-refractivity contribution < 1.29 is 91.3 Å². The average Bonchev–Trinajstić information content (AvgIpc) is 1.43. The predicted molar refractivity (Wildman–Crippen MR) is 369 cm³/mol. The van der Waals surface area contributed by atoms with Crippen LogP contribution >= 0.6 is 0 Å². The molecule has 0 bridgehead atoms. The first kappa shape index (κ1) is 78.0. The van der Waals surface area contributed by atoms with E-state index in [9.17, 15) is 34.5 Å². The Morgan fingerprint density at radius 2 is 0.786 bits per heavy atom. The van der Waals surface area contributed by atoms with Gasteiger partial charge >= 0.3 is 23.9 Å².